The highest BCUT2D eigenvalue weighted by molar-refractivity contribution is 5.04. The Balaban J connectivity index is 2.19. The maximum atomic E-state index is 6.70. The van der Waals surface area contributed by atoms with E-state index in [1.165, 1.54) is 6.42 Å². The van der Waals surface area contributed by atoms with Crippen molar-refractivity contribution in [1.29, 1.82) is 0 Å². The fourth-order valence-corrected chi connectivity index (χ4v) is 4.09. The van der Waals surface area contributed by atoms with E-state index < -0.39 is 0 Å². The fourth-order valence-electron chi connectivity index (χ4n) is 4.09. The van der Waals surface area contributed by atoms with Crippen LogP contribution in [-0.2, 0) is 6.42 Å². The zero-order valence-corrected chi connectivity index (χ0v) is 13.0. The lowest BCUT2D eigenvalue weighted by atomic mass is 9.63. The topological polar surface area (TPSA) is 56.7 Å². The molecule has 2 rings (SSSR count). The van der Waals surface area contributed by atoms with Crippen LogP contribution >= 0.6 is 0 Å². The molecule has 0 bridgehead atoms. The average molecular weight is 264 g/mol. The second-order valence-corrected chi connectivity index (χ2v) is 7.61. The zero-order chi connectivity index (χ0) is 14.3. The zero-order valence-electron chi connectivity index (χ0n) is 13.0. The lowest BCUT2D eigenvalue weighted by Gasteiger charge is -2.45. The molecule has 1 heterocycles. The van der Waals surface area contributed by atoms with Gasteiger partial charge in [-0.3, -0.25) is 0 Å². The molecular formula is C15H28N4. The molecule has 1 aromatic heterocycles. The first-order chi connectivity index (χ1) is 8.71. The van der Waals surface area contributed by atoms with Gasteiger partial charge >= 0.3 is 0 Å². The van der Waals surface area contributed by atoms with Crippen LogP contribution in [0.2, 0.25) is 0 Å². The molecule has 4 nitrogen and oxygen atoms in total. The Bertz CT molecular complexity index is 435. The minimum atomic E-state index is -0.138. The van der Waals surface area contributed by atoms with Crippen molar-refractivity contribution in [1.82, 2.24) is 14.8 Å². The number of hydrogen-bond acceptors (Lipinski definition) is 3. The highest BCUT2D eigenvalue weighted by atomic mass is 15.3. The van der Waals surface area contributed by atoms with Crippen LogP contribution in [0.25, 0.3) is 0 Å². The van der Waals surface area contributed by atoms with Gasteiger partial charge in [-0.1, -0.05) is 20.8 Å². The second kappa shape index (κ2) is 4.89. The molecule has 0 aliphatic heterocycles. The van der Waals surface area contributed by atoms with Gasteiger partial charge in [0, 0.05) is 18.0 Å². The van der Waals surface area contributed by atoms with Gasteiger partial charge in [-0.05, 0) is 44.4 Å². The third kappa shape index (κ3) is 3.35. The monoisotopic (exact) mass is 264 g/mol. The van der Waals surface area contributed by atoms with E-state index in [1.54, 1.807) is 6.33 Å². The van der Waals surface area contributed by atoms with Crippen molar-refractivity contribution in [3.8, 4) is 0 Å². The van der Waals surface area contributed by atoms with Gasteiger partial charge in [0.05, 0.1) is 0 Å². The molecule has 2 N–H and O–H groups in total. The third-order valence-electron chi connectivity index (χ3n) is 4.13. The lowest BCUT2D eigenvalue weighted by Crippen LogP contribution is -2.51. The van der Waals surface area contributed by atoms with Crippen LogP contribution < -0.4 is 5.73 Å². The molecule has 1 saturated carbocycles. The van der Waals surface area contributed by atoms with Gasteiger partial charge in [0.15, 0.2) is 0 Å². The number of nitrogens with two attached hydrogens (primary N) is 1. The van der Waals surface area contributed by atoms with E-state index >= 15 is 0 Å². The van der Waals surface area contributed by atoms with Crippen molar-refractivity contribution in [2.75, 3.05) is 0 Å². The summed E-state index contributed by atoms with van der Waals surface area (Å²) in [5, 5.41) is 4.32. The Morgan fingerprint density at radius 1 is 1.42 bits per heavy atom. The summed E-state index contributed by atoms with van der Waals surface area (Å²) in [6.07, 6.45) is 5.90. The van der Waals surface area contributed by atoms with E-state index in [2.05, 4.69) is 44.7 Å². The number of rotatable bonds is 3. The number of hydrogen-bond donors (Lipinski definition) is 1. The van der Waals surface area contributed by atoms with Gasteiger partial charge in [-0.2, -0.15) is 5.10 Å². The molecule has 1 fully saturated rings. The minimum Gasteiger partial charge on any atom is -0.325 e. The summed E-state index contributed by atoms with van der Waals surface area (Å²) < 4.78 is 2.00. The molecule has 1 aromatic rings. The van der Waals surface area contributed by atoms with Gasteiger partial charge in [0.2, 0.25) is 0 Å². The summed E-state index contributed by atoms with van der Waals surface area (Å²) >= 11 is 0. The molecule has 2 atom stereocenters. The van der Waals surface area contributed by atoms with E-state index in [4.69, 9.17) is 5.73 Å². The van der Waals surface area contributed by atoms with Crippen LogP contribution in [0.3, 0.4) is 0 Å². The summed E-state index contributed by atoms with van der Waals surface area (Å²) in [7, 11) is 0. The Morgan fingerprint density at radius 3 is 2.68 bits per heavy atom. The van der Waals surface area contributed by atoms with Crippen molar-refractivity contribution < 1.29 is 0 Å². The van der Waals surface area contributed by atoms with Crippen molar-refractivity contribution in [3.63, 3.8) is 0 Å². The van der Waals surface area contributed by atoms with Gasteiger partial charge in [0.25, 0.3) is 0 Å². The third-order valence-corrected chi connectivity index (χ3v) is 4.13. The Kier molecular flexibility index (Phi) is 3.74. The van der Waals surface area contributed by atoms with Crippen LogP contribution in [0.1, 0.15) is 65.7 Å². The second-order valence-electron chi connectivity index (χ2n) is 7.61. The maximum Gasteiger partial charge on any atom is 0.138 e. The van der Waals surface area contributed by atoms with Crippen LogP contribution in [0.4, 0.5) is 0 Å². The van der Waals surface area contributed by atoms with Gasteiger partial charge in [-0.15, -0.1) is 0 Å². The van der Waals surface area contributed by atoms with E-state index in [0.717, 1.165) is 25.1 Å². The first-order valence-electron chi connectivity index (χ1n) is 7.38. The van der Waals surface area contributed by atoms with Crippen LogP contribution in [-0.4, -0.2) is 20.3 Å². The van der Waals surface area contributed by atoms with E-state index in [-0.39, 0.29) is 5.54 Å². The van der Waals surface area contributed by atoms with E-state index in [9.17, 15) is 0 Å². The van der Waals surface area contributed by atoms with E-state index in [0.29, 0.717) is 17.4 Å². The number of nitrogens with zero attached hydrogens (tertiary/aromatic N) is 3. The Labute approximate surface area is 116 Å². The lowest BCUT2D eigenvalue weighted by molar-refractivity contribution is 0.106. The Hall–Kier alpha value is -0.900. The van der Waals surface area contributed by atoms with Crippen molar-refractivity contribution >= 4 is 0 Å². The largest absolute Gasteiger partial charge is 0.325 e. The molecule has 19 heavy (non-hydrogen) atoms. The van der Waals surface area contributed by atoms with Crippen LogP contribution in [0.15, 0.2) is 6.33 Å². The molecule has 0 saturated heterocycles. The SMILES string of the molecule is CC1CC(C)(C)CC(N)(Cc2ncnn2C(C)C)C1. The molecule has 2 unspecified atom stereocenters. The summed E-state index contributed by atoms with van der Waals surface area (Å²) in [6, 6.07) is 0.343. The first-order valence-corrected chi connectivity index (χ1v) is 7.38. The summed E-state index contributed by atoms with van der Waals surface area (Å²) in [5.74, 6) is 1.71. The van der Waals surface area contributed by atoms with Crippen LogP contribution in [0.5, 0.6) is 0 Å². The van der Waals surface area contributed by atoms with Crippen LogP contribution in [0, 0.1) is 11.3 Å². The van der Waals surface area contributed by atoms with Gasteiger partial charge in [0.1, 0.15) is 12.2 Å². The molecule has 1 aliphatic carbocycles. The van der Waals surface area contributed by atoms with Gasteiger partial charge in [-0.25, -0.2) is 9.67 Å². The Morgan fingerprint density at radius 2 is 2.11 bits per heavy atom. The standard InChI is InChI=1S/C15H28N4/c1-11(2)19-13(17-10-18-19)8-15(16)7-12(3)6-14(4,5)9-15/h10-12H,6-9,16H2,1-5H3. The van der Waals surface area contributed by atoms with Gasteiger partial charge < -0.3 is 5.73 Å². The predicted molar refractivity (Wildman–Crippen MR) is 77.8 cm³/mol. The number of aromatic nitrogens is 3. The molecule has 1 aliphatic rings. The maximum absolute atomic E-state index is 6.70. The summed E-state index contributed by atoms with van der Waals surface area (Å²) in [4.78, 5) is 4.42. The summed E-state index contributed by atoms with van der Waals surface area (Å²) in [6.45, 7) is 11.2. The molecule has 0 radical (unpaired) electrons. The smallest absolute Gasteiger partial charge is 0.138 e. The normalized spacial score (nSPS) is 30.8. The highest BCUT2D eigenvalue weighted by Crippen LogP contribution is 2.43. The quantitative estimate of drug-likeness (QED) is 0.913. The molecule has 0 spiro atoms. The average Bonchev–Trinajstić information content (AvgIpc) is 2.60. The molecular weight excluding hydrogens is 236 g/mol. The predicted octanol–water partition coefficient (Wildman–Crippen LogP) is 2.95. The van der Waals surface area contributed by atoms with E-state index in [1.807, 2.05) is 4.68 Å². The molecule has 0 amide bonds. The van der Waals surface area contributed by atoms with Crippen molar-refractivity contribution in [2.45, 2.75) is 71.9 Å². The van der Waals surface area contributed by atoms with Crippen molar-refractivity contribution in [3.05, 3.63) is 12.2 Å². The fraction of sp³-hybridized carbons (Fsp3) is 0.867. The first kappa shape index (κ1) is 14.5. The summed E-state index contributed by atoms with van der Waals surface area (Å²) in [5.41, 5.74) is 6.89. The molecule has 4 heteroatoms. The molecule has 0 aromatic carbocycles. The van der Waals surface area contributed by atoms with Crippen molar-refractivity contribution in [2.24, 2.45) is 17.1 Å². The highest BCUT2D eigenvalue weighted by Gasteiger charge is 2.41. The minimum absolute atomic E-state index is 0.138. The molecule has 108 valence electrons.